The van der Waals surface area contributed by atoms with Crippen LogP contribution in [-0.2, 0) is 6.54 Å². The standard InChI is InChI=1S/C9H12N2S/c1-2-7-12(6-1)8-5-11-4-3-10-9-11/h1-4,6-7,9,12H,5,8H2. The van der Waals surface area contributed by atoms with Gasteiger partial charge in [-0.1, -0.05) is 12.2 Å². The smallest absolute Gasteiger partial charge is 0.0946 e. The van der Waals surface area contributed by atoms with Gasteiger partial charge in [0.1, 0.15) is 0 Å². The molecule has 0 amide bonds. The minimum Gasteiger partial charge on any atom is -0.337 e. The Morgan fingerprint density at radius 2 is 2.08 bits per heavy atom. The Labute approximate surface area is 75.0 Å². The van der Waals surface area contributed by atoms with E-state index in [2.05, 4.69) is 32.5 Å². The third-order valence-electron chi connectivity index (χ3n) is 1.84. The molecule has 0 saturated heterocycles. The molecule has 1 aliphatic heterocycles. The van der Waals surface area contributed by atoms with Gasteiger partial charge in [-0.3, -0.25) is 0 Å². The number of hydrogen-bond donors (Lipinski definition) is 1. The van der Waals surface area contributed by atoms with Gasteiger partial charge in [-0.25, -0.2) is 15.9 Å². The Bertz CT molecular complexity index is 275. The zero-order chi connectivity index (χ0) is 8.23. The highest BCUT2D eigenvalue weighted by atomic mass is 32.2. The van der Waals surface area contributed by atoms with E-state index in [1.807, 2.05) is 18.7 Å². The average Bonchev–Trinajstić information content (AvgIpc) is 2.74. The molecule has 0 spiro atoms. The fraction of sp³-hybridized carbons (Fsp3) is 0.222. The van der Waals surface area contributed by atoms with Crippen LogP contribution in [-0.4, -0.2) is 15.3 Å². The first-order valence-electron chi connectivity index (χ1n) is 4.01. The molecule has 1 aliphatic rings. The topological polar surface area (TPSA) is 17.8 Å². The largest absolute Gasteiger partial charge is 0.337 e. The SMILES string of the molecule is C1=C[SH](CCn2ccnc2)C=C1. The summed E-state index contributed by atoms with van der Waals surface area (Å²) in [6.45, 7) is 1.08. The summed E-state index contributed by atoms with van der Waals surface area (Å²) < 4.78 is 2.13. The monoisotopic (exact) mass is 180 g/mol. The number of thiol groups is 1. The third kappa shape index (κ3) is 1.80. The number of aromatic nitrogens is 2. The number of hydrogen-bond acceptors (Lipinski definition) is 1. The van der Waals surface area contributed by atoms with Gasteiger partial charge in [-0.2, -0.15) is 0 Å². The molecule has 3 heteroatoms. The predicted molar refractivity (Wildman–Crippen MR) is 54.4 cm³/mol. The van der Waals surface area contributed by atoms with Crippen molar-refractivity contribution in [1.29, 1.82) is 0 Å². The number of imidazole rings is 1. The third-order valence-corrected chi connectivity index (χ3v) is 3.67. The van der Waals surface area contributed by atoms with Gasteiger partial charge >= 0.3 is 0 Å². The Balaban J connectivity index is 1.83. The summed E-state index contributed by atoms with van der Waals surface area (Å²) in [6.07, 6.45) is 9.99. The van der Waals surface area contributed by atoms with Crippen LogP contribution in [0.3, 0.4) is 0 Å². The highest BCUT2D eigenvalue weighted by Crippen LogP contribution is 2.32. The molecule has 0 bridgehead atoms. The van der Waals surface area contributed by atoms with Gasteiger partial charge in [0.15, 0.2) is 0 Å². The van der Waals surface area contributed by atoms with Crippen LogP contribution >= 0.6 is 10.9 Å². The zero-order valence-electron chi connectivity index (χ0n) is 6.80. The fourth-order valence-electron chi connectivity index (χ4n) is 1.17. The van der Waals surface area contributed by atoms with Gasteiger partial charge in [-0.05, 0) is 16.6 Å². The van der Waals surface area contributed by atoms with E-state index in [0.29, 0.717) is 0 Å². The normalized spacial score (nSPS) is 17.5. The molecule has 0 radical (unpaired) electrons. The Kier molecular flexibility index (Phi) is 2.32. The molecule has 0 atom stereocenters. The summed E-state index contributed by atoms with van der Waals surface area (Å²) in [5, 5.41) is 4.60. The van der Waals surface area contributed by atoms with Gasteiger partial charge in [-0.15, -0.1) is 0 Å². The minimum atomic E-state index is 0.0404. The lowest BCUT2D eigenvalue weighted by Gasteiger charge is -2.09. The lowest BCUT2D eigenvalue weighted by atomic mass is 10.6. The van der Waals surface area contributed by atoms with Crippen LogP contribution in [0.1, 0.15) is 0 Å². The first kappa shape index (κ1) is 7.68. The van der Waals surface area contributed by atoms with Crippen LogP contribution in [0.5, 0.6) is 0 Å². The van der Waals surface area contributed by atoms with E-state index in [0.717, 1.165) is 6.54 Å². The van der Waals surface area contributed by atoms with Gasteiger partial charge in [0.2, 0.25) is 0 Å². The maximum Gasteiger partial charge on any atom is 0.0946 e. The molecule has 64 valence electrons. The van der Waals surface area contributed by atoms with Crippen molar-refractivity contribution in [2.24, 2.45) is 0 Å². The summed E-state index contributed by atoms with van der Waals surface area (Å²) >= 11 is 0. The van der Waals surface area contributed by atoms with Crippen molar-refractivity contribution in [2.45, 2.75) is 6.54 Å². The molecular weight excluding hydrogens is 168 g/mol. The molecule has 2 rings (SSSR count). The van der Waals surface area contributed by atoms with Crippen LogP contribution in [0, 0.1) is 0 Å². The van der Waals surface area contributed by atoms with Crippen molar-refractivity contribution in [3.63, 3.8) is 0 Å². The maximum absolute atomic E-state index is 4.00. The number of nitrogens with zero attached hydrogens (tertiary/aromatic N) is 2. The summed E-state index contributed by atoms with van der Waals surface area (Å²) in [7, 11) is 0.0404. The van der Waals surface area contributed by atoms with Gasteiger partial charge in [0, 0.05) is 18.9 Å². The van der Waals surface area contributed by atoms with Crippen molar-refractivity contribution in [1.82, 2.24) is 9.55 Å². The quantitative estimate of drug-likeness (QED) is 0.704. The molecule has 1 aromatic rings. The second-order valence-corrected chi connectivity index (χ2v) is 4.79. The van der Waals surface area contributed by atoms with Gasteiger partial charge in [0.25, 0.3) is 0 Å². The minimum absolute atomic E-state index is 0.0404. The molecule has 0 saturated carbocycles. The Morgan fingerprint density at radius 3 is 2.75 bits per heavy atom. The van der Waals surface area contributed by atoms with E-state index in [9.17, 15) is 0 Å². The maximum atomic E-state index is 4.00. The fourth-order valence-corrected chi connectivity index (χ4v) is 2.67. The van der Waals surface area contributed by atoms with E-state index in [-0.39, 0.29) is 10.9 Å². The van der Waals surface area contributed by atoms with E-state index < -0.39 is 0 Å². The lowest BCUT2D eigenvalue weighted by molar-refractivity contribution is 0.770. The highest BCUT2D eigenvalue weighted by molar-refractivity contribution is 8.22. The zero-order valence-corrected chi connectivity index (χ0v) is 7.69. The Morgan fingerprint density at radius 1 is 1.25 bits per heavy atom. The first-order chi connectivity index (χ1) is 5.95. The van der Waals surface area contributed by atoms with Crippen LogP contribution in [0.2, 0.25) is 0 Å². The van der Waals surface area contributed by atoms with Crippen molar-refractivity contribution >= 4 is 10.9 Å². The van der Waals surface area contributed by atoms with Crippen molar-refractivity contribution < 1.29 is 0 Å². The average molecular weight is 180 g/mol. The summed E-state index contributed by atoms with van der Waals surface area (Å²) in [6, 6.07) is 0. The molecule has 0 unspecified atom stereocenters. The van der Waals surface area contributed by atoms with E-state index >= 15 is 0 Å². The number of rotatable bonds is 3. The number of allylic oxidation sites excluding steroid dienone is 2. The first-order valence-corrected chi connectivity index (χ1v) is 5.68. The van der Waals surface area contributed by atoms with E-state index in [4.69, 9.17) is 0 Å². The molecule has 2 nitrogen and oxygen atoms in total. The second-order valence-electron chi connectivity index (χ2n) is 2.72. The molecule has 0 aromatic carbocycles. The van der Waals surface area contributed by atoms with E-state index in [1.54, 1.807) is 0 Å². The number of aryl methyl sites for hydroxylation is 1. The molecule has 0 aliphatic carbocycles. The summed E-state index contributed by atoms with van der Waals surface area (Å²) in [4.78, 5) is 4.00. The molecule has 12 heavy (non-hydrogen) atoms. The molecule has 0 N–H and O–H groups in total. The van der Waals surface area contributed by atoms with Gasteiger partial charge < -0.3 is 4.57 Å². The van der Waals surface area contributed by atoms with Crippen LogP contribution in [0.25, 0.3) is 0 Å². The molecular formula is C9H12N2S. The second kappa shape index (κ2) is 3.63. The van der Waals surface area contributed by atoms with Crippen molar-refractivity contribution in [2.75, 3.05) is 5.75 Å². The molecule has 1 aromatic heterocycles. The predicted octanol–water partition coefficient (Wildman–Crippen LogP) is 1.93. The summed E-state index contributed by atoms with van der Waals surface area (Å²) in [5.74, 6) is 1.23. The Hall–Kier alpha value is -0.960. The van der Waals surface area contributed by atoms with Crippen LogP contribution in [0.4, 0.5) is 0 Å². The highest BCUT2D eigenvalue weighted by Gasteiger charge is 1.98. The van der Waals surface area contributed by atoms with Gasteiger partial charge in [0.05, 0.1) is 6.33 Å². The molecule has 2 heterocycles. The van der Waals surface area contributed by atoms with Crippen molar-refractivity contribution in [3.05, 3.63) is 41.7 Å². The van der Waals surface area contributed by atoms with Crippen LogP contribution in [0.15, 0.2) is 41.7 Å². The van der Waals surface area contributed by atoms with Crippen molar-refractivity contribution in [3.8, 4) is 0 Å². The molecule has 0 fully saturated rings. The lowest BCUT2D eigenvalue weighted by Crippen LogP contribution is -1.98. The summed E-state index contributed by atoms with van der Waals surface area (Å²) in [5.41, 5.74) is 0. The van der Waals surface area contributed by atoms with E-state index in [1.165, 1.54) is 5.75 Å². The van der Waals surface area contributed by atoms with Crippen LogP contribution < -0.4 is 0 Å².